The van der Waals surface area contributed by atoms with Gasteiger partial charge in [0.05, 0.1) is 5.92 Å². The minimum Gasteiger partial charge on any atom is -0.359 e. The minimum absolute atomic E-state index is 0.0133. The van der Waals surface area contributed by atoms with E-state index in [9.17, 15) is 9.59 Å². The summed E-state index contributed by atoms with van der Waals surface area (Å²) in [5, 5.41) is 2.59. The molecule has 0 aliphatic rings. The average Bonchev–Trinajstić information content (AvgIpc) is 2.35. The summed E-state index contributed by atoms with van der Waals surface area (Å²) in [6, 6.07) is 0.188. The fourth-order valence-electron chi connectivity index (χ4n) is 2.08. The molecular weight excluding hydrogens is 242 g/mol. The smallest absolute Gasteiger partial charge is 0.225 e. The summed E-state index contributed by atoms with van der Waals surface area (Å²) in [6.07, 6.45) is 2.75. The van der Waals surface area contributed by atoms with Crippen molar-refractivity contribution in [3.63, 3.8) is 0 Å². The van der Waals surface area contributed by atoms with Gasteiger partial charge >= 0.3 is 0 Å². The van der Waals surface area contributed by atoms with Gasteiger partial charge in [0.2, 0.25) is 11.8 Å². The zero-order chi connectivity index (χ0) is 15.0. The molecule has 19 heavy (non-hydrogen) atoms. The van der Waals surface area contributed by atoms with Crippen LogP contribution in [0.25, 0.3) is 0 Å². The predicted molar refractivity (Wildman–Crippen MR) is 77.5 cm³/mol. The Morgan fingerprint density at radius 3 is 2.21 bits per heavy atom. The molecule has 5 nitrogen and oxygen atoms in total. The standard InChI is InChI=1S/C14H29N3O2/c1-10(7-6-8-12(3)15)14(19)17(5)9-11(2)13(18)16-4/h10-12H,6-9,15H2,1-5H3,(H,16,18). The monoisotopic (exact) mass is 271 g/mol. The van der Waals surface area contributed by atoms with E-state index in [0.29, 0.717) is 6.54 Å². The Morgan fingerprint density at radius 2 is 1.74 bits per heavy atom. The summed E-state index contributed by atoms with van der Waals surface area (Å²) in [5.74, 6) is -0.138. The Labute approximate surface area is 116 Å². The molecule has 112 valence electrons. The first-order valence-corrected chi connectivity index (χ1v) is 7.01. The lowest BCUT2D eigenvalue weighted by Crippen LogP contribution is -2.39. The van der Waals surface area contributed by atoms with Crippen molar-refractivity contribution < 1.29 is 9.59 Å². The minimum atomic E-state index is -0.185. The van der Waals surface area contributed by atoms with E-state index in [4.69, 9.17) is 5.73 Å². The second kappa shape index (κ2) is 8.91. The van der Waals surface area contributed by atoms with Gasteiger partial charge in [0.25, 0.3) is 0 Å². The van der Waals surface area contributed by atoms with Crippen molar-refractivity contribution in [2.24, 2.45) is 17.6 Å². The molecule has 3 N–H and O–H groups in total. The van der Waals surface area contributed by atoms with E-state index in [2.05, 4.69) is 5.32 Å². The molecule has 0 spiro atoms. The maximum Gasteiger partial charge on any atom is 0.225 e. The molecule has 0 aliphatic carbocycles. The van der Waals surface area contributed by atoms with E-state index >= 15 is 0 Å². The highest BCUT2D eigenvalue weighted by molar-refractivity contribution is 5.81. The normalized spacial score (nSPS) is 15.5. The van der Waals surface area contributed by atoms with Gasteiger partial charge in [-0.1, -0.05) is 20.3 Å². The molecule has 0 rings (SSSR count). The first-order chi connectivity index (χ1) is 8.79. The molecule has 0 aromatic carbocycles. The molecule has 2 amide bonds. The van der Waals surface area contributed by atoms with Crippen molar-refractivity contribution in [3.05, 3.63) is 0 Å². The second-order valence-corrected chi connectivity index (χ2v) is 5.54. The molecule has 0 radical (unpaired) electrons. The number of nitrogens with one attached hydrogen (secondary N) is 1. The molecule has 0 saturated carbocycles. The summed E-state index contributed by atoms with van der Waals surface area (Å²) in [4.78, 5) is 25.2. The lowest BCUT2D eigenvalue weighted by molar-refractivity contribution is -0.135. The number of carbonyl (C=O) groups is 2. The largest absolute Gasteiger partial charge is 0.359 e. The third kappa shape index (κ3) is 7.15. The number of carbonyl (C=O) groups excluding carboxylic acids is 2. The first kappa shape index (κ1) is 17.9. The van der Waals surface area contributed by atoms with Crippen LogP contribution in [-0.4, -0.2) is 43.4 Å². The van der Waals surface area contributed by atoms with Gasteiger partial charge in [0.15, 0.2) is 0 Å². The third-order valence-electron chi connectivity index (χ3n) is 3.34. The van der Waals surface area contributed by atoms with Gasteiger partial charge < -0.3 is 16.0 Å². The van der Waals surface area contributed by atoms with E-state index < -0.39 is 0 Å². The molecule has 5 heteroatoms. The second-order valence-electron chi connectivity index (χ2n) is 5.54. The summed E-state index contributed by atoms with van der Waals surface area (Å²) < 4.78 is 0. The van der Waals surface area contributed by atoms with Crippen LogP contribution in [0.1, 0.15) is 40.0 Å². The van der Waals surface area contributed by atoms with Crippen LogP contribution in [0.4, 0.5) is 0 Å². The summed E-state index contributed by atoms with van der Waals surface area (Å²) >= 11 is 0. The predicted octanol–water partition coefficient (Wildman–Crippen LogP) is 0.981. The maximum absolute atomic E-state index is 12.1. The maximum atomic E-state index is 12.1. The number of rotatable bonds is 8. The number of nitrogens with zero attached hydrogens (tertiary/aromatic N) is 1. The molecule has 0 fully saturated rings. The number of hydrogen-bond acceptors (Lipinski definition) is 3. The lowest BCUT2D eigenvalue weighted by Gasteiger charge is -2.24. The van der Waals surface area contributed by atoms with Crippen molar-refractivity contribution in [1.29, 1.82) is 0 Å². The molecule has 0 bridgehead atoms. The number of amides is 2. The quantitative estimate of drug-likeness (QED) is 0.691. The van der Waals surface area contributed by atoms with Crippen LogP contribution in [0, 0.1) is 11.8 Å². The van der Waals surface area contributed by atoms with Gasteiger partial charge in [-0.2, -0.15) is 0 Å². The SMILES string of the molecule is CNC(=O)C(C)CN(C)C(=O)C(C)CCCC(C)N. The molecule has 3 atom stereocenters. The van der Waals surface area contributed by atoms with Crippen LogP contribution in [0.5, 0.6) is 0 Å². The number of nitrogens with two attached hydrogens (primary N) is 1. The highest BCUT2D eigenvalue weighted by atomic mass is 16.2. The molecule has 0 saturated heterocycles. The van der Waals surface area contributed by atoms with E-state index in [1.807, 2.05) is 20.8 Å². The fraction of sp³-hybridized carbons (Fsp3) is 0.857. The Kier molecular flexibility index (Phi) is 8.39. The van der Waals surface area contributed by atoms with Crippen molar-refractivity contribution >= 4 is 11.8 Å². The molecular formula is C14H29N3O2. The van der Waals surface area contributed by atoms with Gasteiger partial charge in [-0.15, -0.1) is 0 Å². The zero-order valence-corrected chi connectivity index (χ0v) is 12.9. The molecule has 0 aromatic heterocycles. The third-order valence-corrected chi connectivity index (χ3v) is 3.34. The molecule has 0 aromatic rings. The van der Waals surface area contributed by atoms with Gasteiger partial charge in [-0.3, -0.25) is 9.59 Å². The number of hydrogen-bond donors (Lipinski definition) is 2. The molecule has 0 heterocycles. The van der Waals surface area contributed by atoms with Crippen molar-refractivity contribution in [2.45, 2.75) is 46.1 Å². The van der Waals surface area contributed by atoms with Crippen molar-refractivity contribution in [3.8, 4) is 0 Å². The van der Waals surface area contributed by atoms with Crippen molar-refractivity contribution in [1.82, 2.24) is 10.2 Å². The highest BCUT2D eigenvalue weighted by Crippen LogP contribution is 2.12. The van der Waals surface area contributed by atoms with E-state index in [1.54, 1.807) is 19.0 Å². The van der Waals surface area contributed by atoms with E-state index in [0.717, 1.165) is 19.3 Å². The fourth-order valence-corrected chi connectivity index (χ4v) is 2.08. The van der Waals surface area contributed by atoms with E-state index in [-0.39, 0.29) is 29.7 Å². The van der Waals surface area contributed by atoms with Crippen LogP contribution in [-0.2, 0) is 9.59 Å². The average molecular weight is 271 g/mol. The van der Waals surface area contributed by atoms with Gasteiger partial charge in [0, 0.05) is 32.6 Å². The Bertz CT molecular complexity index is 292. The van der Waals surface area contributed by atoms with Gasteiger partial charge in [-0.05, 0) is 19.8 Å². The topological polar surface area (TPSA) is 75.4 Å². The van der Waals surface area contributed by atoms with Crippen LogP contribution in [0.15, 0.2) is 0 Å². The Balaban J connectivity index is 4.13. The van der Waals surface area contributed by atoms with Crippen LogP contribution < -0.4 is 11.1 Å². The van der Waals surface area contributed by atoms with Gasteiger partial charge in [0.1, 0.15) is 0 Å². The Morgan fingerprint density at radius 1 is 1.16 bits per heavy atom. The summed E-state index contributed by atoms with van der Waals surface area (Å²) in [6.45, 7) is 6.19. The van der Waals surface area contributed by atoms with Crippen LogP contribution in [0.3, 0.4) is 0 Å². The van der Waals surface area contributed by atoms with Gasteiger partial charge in [-0.25, -0.2) is 0 Å². The van der Waals surface area contributed by atoms with Crippen molar-refractivity contribution in [2.75, 3.05) is 20.6 Å². The van der Waals surface area contributed by atoms with Crippen LogP contribution >= 0.6 is 0 Å². The lowest BCUT2D eigenvalue weighted by atomic mass is 10.0. The Hall–Kier alpha value is -1.10. The highest BCUT2D eigenvalue weighted by Gasteiger charge is 2.21. The zero-order valence-electron chi connectivity index (χ0n) is 12.9. The van der Waals surface area contributed by atoms with E-state index in [1.165, 1.54) is 0 Å². The van der Waals surface area contributed by atoms with Crippen LogP contribution in [0.2, 0.25) is 0 Å². The first-order valence-electron chi connectivity index (χ1n) is 7.01. The summed E-state index contributed by atoms with van der Waals surface area (Å²) in [5.41, 5.74) is 5.69. The molecule has 0 aliphatic heterocycles. The molecule has 3 unspecified atom stereocenters. The summed E-state index contributed by atoms with van der Waals surface area (Å²) in [7, 11) is 3.36.